The SMILES string of the molecule is Clc1ccc2c(c1)C1(CCNCC1)CN2c1ncnc2[nH]cc(Cl)c12. The highest BCUT2D eigenvalue weighted by Gasteiger charge is 2.44. The molecule has 25 heavy (non-hydrogen) atoms. The number of aromatic amines is 1. The van der Waals surface area contributed by atoms with Crippen molar-refractivity contribution >= 4 is 45.7 Å². The summed E-state index contributed by atoms with van der Waals surface area (Å²) in [6, 6.07) is 6.17. The number of nitrogens with one attached hydrogen (secondary N) is 2. The molecule has 2 N–H and O–H groups in total. The standard InChI is InChI=1S/C18H17Cl2N5/c19-11-1-2-14-12(7-11)18(3-5-21-6-4-18)9-25(14)17-15-13(20)8-22-16(15)23-10-24-17/h1-2,7-8,10,21H,3-6,9H2,(H,22,23,24). The van der Waals surface area contributed by atoms with Crippen LogP contribution in [0.25, 0.3) is 11.0 Å². The first-order valence-corrected chi connectivity index (χ1v) is 9.19. The minimum Gasteiger partial charge on any atom is -0.344 e. The second-order valence-corrected chi connectivity index (χ2v) is 7.68. The van der Waals surface area contributed by atoms with Crippen LogP contribution in [-0.4, -0.2) is 34.6 Å². The molecule has 3 aromatic rings. The lowest BCUT2D eigenvalue weighted by molar-refractivity contribution is 0.329. The fraction of sp³-hybridized carbons (Fsp3) is 0.333. The Morgan fingerprint density at radius 1 is 1.12 bits per heavy atom. The Kier molecular flexibility index (Phi) is 3.45. The third-order valence-electron chi connectivity index (χ3n) is 5.50. The number of fused-ring (bicyclic) bond motifs is 3. The molecule has 2 aromatic heterocycles. The van der Waals surface area contributed by atoms with Crippen molar-refractivity contribution in [3.05, 3.63) is 46.3 Å². The normalized spacial score (nSPS) is 18.9. The number of benzene rings is 1. The van der Waals surface area contributed by atoms with E-state index in [1.807, 2.05) is 6.07 Å². The first-order chi connectivity index (χ1) is 12.2. The van der Waals surface area contributed by atoms with E-state index in [-0.39, 0.29) is 5.41 Å². The first-order valence-electron chi connectivity index (χ1n) is 8.44. The molecule has 7 heteroatoms. The molecule has 0 atom stereocenters. The number of aromatic nitrogens is 3. The predicted molar refractivity (Wildman–Crippen MR) is 101 cm³/mol. The van der Waals surface area contributed by atoms with Crippen LogP contribution in [-0.2, 0) is 5.41 Å². The fourth-order valence-electron chi connectivity index (χ4n) is 4.28. The van der Waals surface area contributed by atoms with Gasteiger partial charge >= 0.3 is 0 Å². The Balaban J connectivity index is 1.72. The molecule has 0 radical (unpaired) electrons. The smallest absolute Gasteiger partial charge is 0.147 e. The lowest BCUT2D eigenvalue weighted by atomic mass is 9.75. The van der Waals surface area contributed by atoms with Gasteiger partial charge in [0, 0.05) is 28.9 Å². The van der Waals surface area contributed by atoms with Crippen molar-refractivity contribution in [2.24, 2.45) is 0 Å². The van der Waals surface area contributed by atoms with E-state index in [9.17, 15) is 0 Å². The summed E-state index contributed by atoms with van der Waals surface area (Å²) in [5.41, 5.74) is 3.35. The number of halogens is 2. The van der Waals surface area contributed by atoms with Crippen LogP contribution in [0.1, 0.15) is 18.4 Å². The van der Waals surface area contributed by atoms with Gasteiger partial charge in [0.15, 0.2) is 0 Å². The second-order valence-electron chi connectivity index (χ2n) is 6.84. The molecule has 2 aliphatic rings. The number of piperidine rings is 1. The predicted octanol–water partition coefficient (Wildman–Crippen LogP) is 4.04. The largest absolute Gasteiger partial charge is 0.344 e. The lowest BCUT2D eigenvalue weighted by Gasteiger charge is -2.35. The Bertz CT molecular complexity index is 961. The monoisotopic (exact) mass is 373 g/mol. The van der Waals surface area contributed by atoms with E-state index in [1.165, 1.54) is 11.3 Å². The molecular formula is C18H17Cl2N5. The van der Waals surface area contributed by atoms with Crippen LogP contribution in [0.2, 0.25) is 10.0 Å². The van der Waals surface area contributed by atoms with E-state index < -0.39 is 0 Å². The molecule has 2 aliphatic heterocycles. The van der Waals surface area contributed by atoms with E-state index in [0.717, 1.165) is 54.3 Å². The zero-order chi connectivity index (χ0) is 17.0. The second kappa shape index (κ2) is 5.59. The van der Waals surface area contributed by atoms with E-state index in [2.05, 4.69) is 37.3 Å². The Labute approximate surface area is 155 Å². The van der Waals surface area contributed by atoms with Gasteiger partial charge in [0.1, 0.15) is 17.8 Å². The molecule has 1 spiro atoms. The Morgan fingerprint density at radius 2 is 1.96 bits per heavy atom. The summed E-state index contributed by atoms with van der Waals surface area (Å²) in [6.07, 6.45) is 5.54. The van der Waals surface area contributed by atoms with Gasteiger partial charge in [-0.2, -0.15) is 0 Å². The lowest BCUT2D eigenvalue weighted by Crippen LogP contribution is -2.42. The van der Waals surface area contributed by atoms with Crippen LogP contribution in [0.5, 0.6) is 0 Å². The average Bonchev–Trinajstić information content (AvgIpc) is 3.15. The third kappa shape index (κ3) is 2.26. The maximum atomic E-state index is 6.42. The quantitative estimate of drug-likeness (QED) is 0.675. The van der Waals surface area contributed by atoms with Gasteiger partial charge in [-0.1, -0.05) is 23.2 Å². The zero-order valence-corrected chi connectivity index (χ0v) is 15.0. The zero-order valence-electron chi connectivity index (χ0n) is 13.5. The van der Waals surface area contributed by atoms with Crippen LogP contribution < -0.4 is 10.2 Å². The topological polar surface area (TPSA) is 56.8 Å². The molecule has 128 valence electrons. The fourth-order valence-corrected chi connectivity index (χ4v) is 4.68. The molecule has 1 saturated heterocycles. The number of anilines is 2. The maximum Gasteiger partial charge on any atom is 0.147 e. The van der Waals surface area contributed by atoms with Gasteiger partial charge in [-0.3, -0.25) is 0 Å². The number of nitrogens with zero attached hydrogens (tertiary/aromatic N) is 3. The minimum atomic E-state index is 0.103. The summed E-state index contributed by atoms with van der Waals surface area (Å²) < 4.78 is 0. The Morgan fingerprint density at radius 3 is 2.80 bits per heavy atom. The molecule has 1 fully saturated rings. The van der Waals surface area contributed by atoms with E-state index in [4.69, 9.17) is 23.2 Å². The van der Waals surface area contributed by atoms with Crippen LogP contribution in [0.3, 0.4) is 0 Å². The highest BCUT2D eigenvalue weighted by Crippen LogP contribution is 2.50. The molecule has 5 rings (SSSR count). The van der Waals surface area contributed by atoms with E-state index >= 15 is 0 Å². The van der Waals surface area contributed by atoms with Gasteiger partial charge in [0.2, 0.25) is 0 Å². The molecule has 0 unspecified atom stereocenters. The van der Waals surface area contributed by atoms with Crippen LogP contribution in [0.15, 0.2) is 30.7 Å². The number of rotatable bonds is 1. The molecule has 1 aromatic carbocycles. The molecule has 0 bridgehead atoms. The maximum absolute atomic E-state index is 6.42. The van der Waals surface area contributed by atoms with Gasteiger partial charge in [-0.25, -0.2) is 9.97 Å². The van der Waals surface area contributed by atoms with Crippen molar-refractivity contribution in [1.29, 1.82) is 0 Å². The molecule has 0 amide bonds. The van der Waals surface area contributed by atoms with Crippen molar-refractivity contribution in [3.8, 4) is 0 Å². The molecule has 0 saturated carbocycles. The molecule has 0 aliphatic carbocycles. The Hall–Kier alpha value is -1.82. The van der Waals surface area contributed by atoms with Gasteiger partial charge in [-0.05, 0) is 49.7 Å². The molecule has 4 heterocycles. The minimum absolute atomic E-state index is 0.103. The first kappa shape index (κ1) is 15.4. The summed E-state index contributed by atoms with van der Waals surface area (Å²) in [4.78, 5) is 14.3. The number of hydrogen-bond donors (Lipinski definition) is 2. The van der Waals surface area contributed by atoms with E-state index in [0.29, 0.717) is 5.02 Å². The summed E-state index contributed by atoms with van der Waals surface area (Å²) in [5.74, 6) is 0.857. The van der Waals surface area contributed by atoms with Crippen molar-refractivity contribution < 1.29 is 0 Å². The van der Waals surface area contributed by atoms with Crippen molar-refractivity contribution in [3.63, 3.8) is 0 Å². The van der Waals surface area contributed by atoms with Crippen LogP contribution in [0, 0.1) is 0 Å². The third-order valence-corrected chi connectivity index (χ3v) is 6.03. The molecular weight excluding hydrogens is 357 g/mol. The van der Waals surface area contributed by atoms with Crippen LogP contribution >= 0.6 is 23.2 Å². The van der Waals surface area contributed by atoms with Gasteiger partial charge in [-0.15, -0.1) is 0 Å². The summed E-state index contributed by atoms with van der Waals surface area (Å²) in [5, 5.41) is 5.77. The van der Waals surface area contributed by atoms with Gasteiger partial charge in [0.05, 0.1) is 10.4 Å². The summed E-state index contributed by atoms with van der Waals surface area (Å²) >= 11 is 12.8. The average molecular weight is 374 g/mol. The van der Waals surface area contributed by atoms with Crippen molar-refractivity contribution in [2.45, 2.75) is 18.3 Å². The number of hydrogen-bond acceptors (Lipinski definition) is 4. The van der Waals surface area contributed by atoms with Crippen molar-refractivity contribution in [1.82, 2.24) is 20.3 Å². The summed E-state index contributed by atoms with van der Waals surface area (Å²) in [6.45, 7) is 2.92. The van der Waals surface area contributed by atoms with Crippen LogP contribution in [0.4, 0.5) is 11.5 Å². The highest BCUT2D eigenvalue weighted by molar-refractivity contribution is 6.36. The van der Waals surface area contributed by atoms with E-state index in [1.54, 1.807) is 12.5 Å². The number of H-pyrrole nitrogens is 1. The molecule has 5 nitrogen and oxygen atoms in total. The van der Waals surface area contributed by atoms with Gasteiger partial charge in [0.25, 0.3) is 0 Å². The van der Waals surface area contributed by atoms with Gasteiger partial charge < -0.3 is 15.2 Å². The highest BCUT2D eigenvalue weighted by atomic mass is 35.5. The summed E-state index contributed by atoms with van der Waals surface area (Å²) in [7, 11) is 0. The van der Waals surface area contributed by atoms with Crippen molar-refractivity contribution in [2.75, 3.05) is 24.5 Å².